The Morgan fingerprint density at radius 1 is 1.17 bits per heavy atom. The van der Waals surface area contributed by atoms with Gasteiger partial charge in [-0.2, -0.15) is 13.2 Å². The molecule has 0 aromatic heterocycles. The molecule has 0 fully saturated rings. The average Bonchev–Trinajstić information content (AvgIpc) is 1.59. The van der Waals surface area contributed by atoms with E-state index in [1.54, 1.807) is 0 Å². The van der Waals surface area contributed by atoms with E-state index in [1.807, 2.05) is 0 Å². The van der Waals surface area contributed by atoms with Gasteiger partial charge in [0.1, 0.15) is 5.97 Å². The third-order valence-electron chi connectivity index (χ3n) is 0.231. The topological polar surface area (TPSA) is 80.3 Å². The molecule has 0 radical (unpaired) electrons. The molecule has 0 bridgehead atoms. The van der Waals surface area contributed by atoms with Crippen LogP contribution in [0.3, 0.4) is 0 Å². The minimum atomic E-state index is -5.19. The van der Waals surface area contributed by atoms with E-state index in [2.05, 4.69) is 0 Å². The number of alkyl halides is 3. The van der Waals surface area contributed by atoms with Crippen LogP contribution in [0.2, 0.25) is 0 Å². The normalized spacial score (nSPS) is 8.67. The van der Waals surface area contributed by atoms with Gasteiger partial charge in [-0.3, -0.25) is 0 Å². The van der Waals surface area contributed by atoms with Crippen molar-refractivity contribution in [2.45, 2.75) is 13.1 Å². The summed E-state index contributed by atoms with van der Waals surface area (Å²) in [5.41, 5.74) is 0. The fourth-order valence-electron chi connectivity index (χ4n) is 0. The molecule has 12 heavy (non-hydrogen) atoms. The summed E-state index contributed by atoms with van der Waals surface area (Å²) in [5.74, 6) is -4.09. The number of hydrogen-bond donors (Lipinski definition) is 0. The van der Waals surface area contributed by atoms with E-state index in [0.29, 0.717) is 0 Å². The molecule has 0 aromatic rings. The SMILES string of the molecule is CC(=O)[O-].O=C([O-])C(F)(F)F.[Pd+2]. The molecule has 0 heterocycles. The molecule has 0 aliphatic carbocycles. The molecule has 0 atom stereocenters. The Morgan fingerprint density at radius 3 is 1.25 bits per heavy atom. The van der Waals surface area contributed by atoms with Gasteiger partial charge in [0.15, 0.2) is 0 Å². The molecule has 0 rings (SSSR count). The van der Waals surface area contributed by atoms with Crippen molar-refractivity contribution >= 4 is 11.9 Å². The number of carboxylic acid groups (broad SMARTS) is 2. The number of carboxylic acids is 2. The summed E-state index contributed by atoms with van der Waals surface area (Å²) in [5, 5.41) is 17.7. The Hall–Kier alpha value is -0.608. The molecule has 0 amide bonds. The molecule has 0 spiro atoms. The van der Waals surface area contributed by atoms with Crippen LogP contribution >= 0.6 is 0 Å². The van der Waals surface area contributed by atoms with Crippen LogP contribution in [0, 0.1) is 0 Å². The summed E-state index contributed by atoms with van der Waals surface area (Å²) in [6.45, 7) is 0.972. The minimum Gasteiger partial charge on any atom is -0.550 e. The second-order valence-electron chi connectivity index (χ2n) is 1.28. The average molecular weight is 278 g/mol. The minimum absolute atomic E-state index is 0. The van der Waals surface area contributed by atoms with Crippen LogP contribution in [0.25, 0.3) is 0 Å². The maximum Gasteiger partial charge on any atom is 2.00 e. The maximum atomic E-state index is 10.5. The predicted octanol–water partition coefficient (Wildman–Crippen LogP) is -1.95. The van der Waals surface area contributed by atoms with Crippen molar-refractivity contribution in [3.05, 3.63) is 0 Å². The van der Waals surface area contributed by atoms with E-state index in [9.17, 15) is 13.2 Å². The van der Waals surface area contributed by atoms with Gasteiger partial charge in [0.25, 0.3) is 0 Å². The molecule has 0 saturated carbocycles. The first-order valence-corrected chi connectivity index (χ1v) is 2.13. The van der Waals surface area contributed by atoms with Gasteiger partial charge in [0, 0.05) is 5.97 Å². The number of hydrogen-bond acceptors (Lipinski definition) is 4. The zero-order chi connectivity index (χ0) is 9.65. The Bertz CT molecular complexity index is 151. The Balaban J connectivity index is -0.000000142. The molecule has 8 heteroatoms. The van der Waals surface area contributed by atoms with Gasteiger partial charge in [-0.25, -0.2) is 0 Å². The van der Waals surface area contributed by atoms with Crippen LogP contribution in [0.4, 0.5) is 13.2 Å². The van der Waals surface area contributed by atoms with Crippen molar-refractivity contribution in [1.29, 1.82) is 0 Å². The summed E-state index contributed by atoms with van der Waals surface area (Å²) in [7, 11) is 0. The van der Waals surface area contributed by atoms with Gasteiger partial charge < -0.3 is 19.8 Å². The van der Waals surface area contributed by atoms with E-state index in [-0.39, 0.29) is 20.4 Å². The Labute approximate surface area is 79.0 Å². The van der Waals surface area contributed by atoms with Crippen molar-refractivity contribution in [3.8, 4) is 0 Å². The van der Waals surface area contributed by atoms with Crippen LogP contribution in [-0.4, -0.2) is 18.1 Å². The van der Waals surface area contributed by atoms with Crippen LogP contribution in [0.1, 0.15) is 6.92 Å². The second-order valence-corrected chi connectivity index (χ2v) is 1.28. The number of carbonyl (C=O) groups is 2. The van der Waals surface area contributed by atoms with Gasteiger partial charge in [0.2, 0.25) is 0 Å². The van der Waals surface area contributed by atoms with Crippen molar-refractivity contribution in [2.75, 3.05) is 0 Å². The summed E-state index contributed by atoms with van der Waals surface area (Å²) >= 11 is 0. The van der Waals surface area contributed by atoms with E-state index in [4.69, 9.17) is 19.8 Å². The van der Waals surface area contributed by atoms with Gasteiger partial charge in [-0.05, 0) is 6.92 Å². The molecule has 0 aliphatic rings. The number of aliphatic carboxylic acids is 2. The molecule has 0 unspecified atom stereocenters. The van der Waals surface area contributed by atoms with E-state index >= 15 is 0 Å². The summed E-state index contributed by atoms with van der Waals surface area (Å²) in [4.78, 5) is 17.7. The molecule has 0 aromatic carbocycles. The number of rotatable bonds is 0. The summed E-state index contributed by atoms with van der Waals surface area (Å²) < 4.78 is 31.5. The van der Waals surface area contributed by atoms with Gasteiger partial charge in [-0.1, -0.05) is 0 Å². The smallest absolute Gasteiger partial charge is 0.550 e. The fraction of sp³-hybridized carbons (Fsp3) is 0.500. The van der Waals surface area contributed by atoms with E-state index < -0.39 is 18.1 Å². The van der Waals surface area contributed by atoms with Crippen LogP contribution in [-0.2, 0) is 30.0 Å². The van der Waals surface area contributed by atoms with Gasteiger partial charge >= 0.3 is 26.6 Å². The summed E-state index contributed by atoms with van der Waals surface area (Å²) in [6, 6.07) is 0. The van der Waals surface area contributed by atoms with Gasteiger partial charge in [0.05, 0.1) is 0 Å². The zero-order valence-electron chi connectivity index (χ0n) is 5.58. The van der Waals surface area contributed by atoms with Crippen LogP contribution in [0.5, 0.6) is 0 Å². The van der Waals surface area contributed by atoms with Crippen molar-refractivity contribution < 1.29 is 53.4 Å². The number of halogens is 3. The number of carbonyl (C=O) groups excluding carboxylic acids is 2. The molecular weight excluding hydrogens is 275 g/mol. The molecule has 4 nitrogen and oxygen atoms in total. The molecule has 0 N–H and O–H groups in total. The molecular formula is C4H3F3O4Pd. The first-order valence-electron chi connectivity index (χ1n) is 2.13. The zero-order valence-corrected chi connectivity index (χ0v) is 7.14. The largest absolute Gasteiger partial charge is 2.00 e. The first kappa shape index (κ1) is 17.5. The van der Waals surface area contributed by atoms with Crippen molar-refractivity contribution in [1.82, 2.24) is 0 Å². The fourth-order valence-corrected chi connectivity index (χ4v) is 0. The quantitative estimate of drug-likeness (QED) is 0.483. The second kappa shape index (κ2) is 7.06. The third kappa shape index (κ3) is 22.8. The molecule has 0 saturated heterocycles. The third-order valence-corrected chi connectivity index (χ3v) is 0.231. The van der Waals surface area contributed by atoms with Gasteiger partial charge in [-0.15, -0.1) is 0 Å². The Morgan fingerprint density at radius 2 is 1.25 bits per heavy atom. The predicted molar refractivity (Wildman–Crippen MR) is 21.7 cm³/mol. The van der Waals surface area contributed by atoms with Crippen LogP contribution in [0.15, 0.2) is 0 Å². The summed E-state index contributed by atoms with van der Waals surface area (Å²) in [6.07, 6.45) is -5.19. The monoisotopic (exact) mass is 278 g/mol. The first-order chi connectivity index (χ1) is 4.68. The molecule has 74 valence electrons. The van der Waals surface area contributed by atoms with Crippen molar-refractivity contribution in [2.24, 2.45) is 0 Å². The van der Waals surface area contributed by atoms with E-state index in [0.717, 1.165) is 6.92 Å². The maximum absolute atomic E-state index is 10.5. The van der Waals surface area contributed by atoms with Crippen LogP contribution < -0.4 is 10.2 Å². The standard InChI is InChI=1S/C2HF3O2.C2H4O2.Pd/c3-2(4,5)1(6)7;1-2(3)4;/h(H,6,7);1H3,(H,3,4);/q;;+2/p-2. The Kier molecular flexibility index (Phi) is 10.3. The molecule has 0 aliphatic heterocycles. The van der Waals surface area contributed by atoms with Crippen molar-refractivity contribution in [3.63, 3.8) is 0 Å². The van der Waals surface area contributed by atoms with E-state index in [1.165, 1.54) is 0 Å².